The molecule has 2 aliphatic rings. The van der Waals surface area contributed by atoms with Gasteiger partial charge in [-0.1, -0.05) is 0 Å². The minimum atomic E-state index is -3.75. The molecule has 0 radical (unpaired) electrons. The second-order valence-corrected chi connectivity index (χ2v) is 8.85. The van der Waals surface area contributed by atoms with Crippen molar-refractivity contribution >= 4 is 27.9 Å². The number of carbonyl (C=O) groups is 3. The molecule has 3 rings (SSSR count). The van der Waals surface area contributed by atoms with Crippen LogP contribution in [-0.2, 0) is 19.6 Å². The first-order valence-electron chi connectivity index (χ1n) is 9.74. The highest BCUT2D eigenvalue weighted by Gasteiger charge is 2.29. The van der Waals surface area contributed by atoms with Crippen LogP contribution in [0.15, 0.2) is 34.4 Å². The van der Waals surface area contributed by atoms with Crippen LogP contribution >= 0.6 is 0 Å². The van der Waals surface area contributed by atoms with Gasteiger partial charge in [-0.25, -0.2) is 18.0 Å². The molecule has 0 spiro atoms. The Kier molecular flexibility index (Phi) is 6.81. The molecule has 0 bridgehead atoms. The van der Waals surface area contributed by atoms with Crippen LogP contribution < -0.4 is 21.1 Å². The van der Waals surface area contributed by atoms with E-state index >= 15 is 0 Å². The standard InChI is InChI=1S/C19H24N4O7S/c1-2-29-18(25)14-10-21-19(26)22-15(14)11-30-16-6-5-12(9-13(16)17(20)24)31(27,28)23-7-3-4-8-23/h5-6,9H,2-4,7-8,10-11H2,1H3,(H2,20,24)(H2,21,22,26). The quantitative estimate of drug-likeness (QED) is 0.471. The molecule has 0 saturated carbocycles. The third-order valence-electron chi connectivity index (χ3n) is 4.87. The van der Waals surface area contributed by atoms with E-state index < -0.39 is 27.9 Å². The van der Waals surface area contributed by atoms with E-state index in [1.807, 2.05) is 0 Å². The predicted octanol–water partition coefficient (Wildman–Crippen LogP) is 0.0788. The van der Waals surface area contributed by atoms with Crippen molar-refractivity contribution in [3.05, 3.63) is 35.0 Å². The Labute approximate surface area is 179 Å². The van der Waals surface area contributed by atoms with Crippen molar-refractivity contribution in [3.8, 4) is 5.75 Å². The highest BCUT2D eigenvalue weighted by Crippen LogP contribution is 2.27. The monoisotopic (exact) mass is 452 g/mol. The molecule has 0 unspecified atom stereocenters. The van der Waals surface area contributed by atoms with Crippen molar-refractivity contribution in [2.24, 2.45) is 5.73 Å². The number of urea groups is 1. The molecule has 1 aromatic carbocycles. The predicted molar refractivity (Wildman–Crippen MR) is 109 cm³/mol. The highest BCUT2D eigenvalue weighted by atomic mass is 32.2. The summed E-state index contributed by atoms with van der Waals surface area (Å²) in [5.74, 6) is -1.46. The molecule has 0 aromatic heterocycles. The Morgan fingerprint density at radius 2 is 1.94 bits per heavy atom. The van der Waals surface area contributed by atoms with Crippen molar-refractivity contribution < 1.29 is 32.3 Å². The third kappa shape index (κ3) is 4.97. The van der Waals surface area contributed by atoms with Gasteiger partial charge in [0.2, 0.25) is 10.0 Å². The maximum absolute atomic E-state index is 12.8. The third-order valence-corrected chi connectivity index (χ3v) is 6.76. The summed E-state index contributed by atoms with van der Waals surface area (Å²) in [5.41, 5.74) is 5.66. The van der Waals surface area contributed by atoms with Crippen molar-refractivity contribution in [2.45, 2.75) is 24.7 Å². The molecule has 3 amide bonds. The Bertz CT molecular complexity index is 1030. The number of sulfonamides is 1. The number of hydrogen-bond donors (Lipinski definition) is 3. The Morgan fingerprint density at radius 1 is 1.23 bits per heavy atom. The zero-order valence-corrected chi connectivity index (χ0v) is 17.8. The lowest BCUT2D eigenvalue weighted by atomic mass is 10.1. The molecule has 1 saturated heterocycles. The summed E-state index contributed by atoms with van der Waals surface area (Å²) in [6, 6.07) is 3.31. The summed E-state index contributed by atoms with van der Waals surface area (Å²) in [4.78, 5) is 35.7. The molecule has 31 heavy (non-hydrogen) atoms. The van der Waals surface area contributed by atoms with Gasteiger partial charge in [0.05, 0.1) is 34.9 Å². The van der Waals surface area contributed by atoms with Crippen LogP contribution in [-0.4, -0.2) is 63.5 Å². The van der Waals surface area contributed by atoms with Crippen LogP contribution in [0, 0.1) is 0 Å². The first-order valence-corrected chi connectivity index (χ1v) is 11.2. The van der Waals surface area contributed by atoms with Gasteiger partial charge in [0.1, 0.15) is 12.4 Å². The first-order chi connectivity index (χ1) is 14.7. The van der Waals surface area contributed by atoms with Crippen molar-refractivity contribution in [1.29, 1.82) is 0 Å². The van der Waals surface area contributed by atoms with Gasteiger partial charge in [-0.15, -0.1) is 0 Å². The fourth-order valence-electron chi connectivity index (χ4n) is 3.28. The number of benzene rings is 1. The highest BCUT2D eigenvalue weighted by molar-refractivity contribution is 7.89. The van der Waals surface area contributed by atoms with E-state index in [0.29, 0.717) is 13.1 Å². The molecule has 0 aliphatic carbocycles. The minimum absolute atomic E-state index is 0.0244. The van der Waals surface area contributed by atoms with E-state index in [1.165, 1.54) is 22.5 Å². The molecule has 11 nitrogen and oxygen atoms in total. The summed E-state index contributed by atoms with van der Waals surface area (Å²) in [6.07, 6.45) is 1.56. The summed E-state index contributed by atoms with van der Waals surface area (Å²) < 4.78 is 37.5. The number of carbonyl (C=O) groups excluding carboxylic acids is 3. The van der Waals surface area contributed by atoms with Gasteiger partial charge in [-0.2, -0.15) is 4.31 Å². The maximum atomic E-state index is 12.8. The lowest BCUT2D eigenvalue weighted by molar-refractivity contribution is -0.138. The summed E-state index contributed by atoms with van der Waals surface area (Å²) in [7, 11) is -3.75. The summed E-state index contributed by atoms with van der Waals surface area (Å²) >= 11 is 0. The van der Waals surface area contributed by atoms with Gasteiger partial charge in [0.15, 0.2) is 0 Å². The van der Waals surface area contributed by atoms with E-state index in [1.54, 1.807) is 6.92 Å². The van der Waals surface area contributed by atoms with Crippen LogP contribution in [0.3, 0.4) is 0 Å². The number of esters is 1. The minimum Gasteiger partial charge on any atom is -0.487 e. The molecule has 1 aromatic rings. The molecule has 1 fully saturated rings. The smallest absolute Gasteiger partial charge is 0.337 e. The van der Waals surface area contributed by atoms with Crippen LogP contribution in [0.2, 0.25) is 0 Å². The van der Waals surface area contributed by atoms with E-state index in [2.05, 4.69) is 10.6 Å². The van der Waals surface area contributed by atoms with E-state index in [-0.39, 0.29) is 47.2 Å². The fourth-order valence-corrected chi connectivity index (χ4v) is 4.83. The number of primary amides is 1. The van der Waals surface area contributed by atoms with E-state index in [4.69, 9.17) is 15.2 Å². The van der Waals surface area contributed by atoms with Gasteiger partial charge in [0, 0.05) is 13.1 Å². The van der Waals surface area contributed by atoms with Crippen molar-refractivity contribution in [3.63, 3.8) is 0 Å². The van der Waals surface area contributed by atoms with Gasteiger partial charge in [-0.05, 0) is 38.0 Å². The van der Waals surface area contributed by atoms with Gasteiger partial charge >= 0.3 is 12.0 Å². The normalized spacial score (nSPS) is 17.1. The Balaban J connectivity index is 1.86. The van der Waals surface area contributed by atoms with Gasteiger partial charge < -0.3 is 25.8 Å². The maximum Gasteiger partial charge on any atom is 0.337 e. The summed E-state index contributed by atoms with van der Waals surface area (Å²) in [5, 5.41) is 4.95. The number of rotatable bonds is 8. The number of ether oxygens (including phenoxy) is 2. The van der Waals surface area contributed by atoms with Crippen LogP contribution in [0.4, 0.5) is 4.79 Å². The fraction of sp³-hybridized carbons (Fsp3) is 0.421. The molecule has 4 N–H and O–H groups in total. The molecular formula is C19H24N4O7S. The van der Waals surface area contributed by atoms with Gasteiger partial charge in [-0.3, -0.25) is 4.79 Å². The molecule has 12 heteroatoms. The molecule has 0 atom stereocenters. The zero-order chi connectivity index (χ0) is 22.6. The van der Waals surface area contributed by atoms with E-state index in [0.717, 1.165) is 12.8 Å². The largest absolute Gasteiger partial charge is 0.487 e. The lowest BCUT2D eigenvalue weighted by Gasteiger charge is -2.22. The molecular weight excluding hydrogens is 428 g/mol. The SMILES string of the molecule is CCOC(=O)C1=C(COc2ccc(S(=O)(=O)N3CCCC3)cc2C(N)=O)NC(=O)NC1. The van der Waals surface area contributed by atoms with Gasteiger partial charge in [0.25, 0.3) is 5.91 Å². The number of nitrogens with two attached hydrogens (primary N) is 1. The number of amides is 3. The van der Waals surface area contributed by atoms with Crippen molar-refractivity contribution in [1.82, 2.24) is 14.9 Å². The van der Waals surface area contributed by atoms with Crippen LogP contribution in [0.5, 0.6) is 5.75 Å². The first kappa shape index (κ1) is 22.6. The van der Waals surface area contributed by atoms with Crippen LogP contribution in [0.1, 0.15) is 30.1 Å². The number of nitrogens with one attached hydrogen (secondary N) is 2. The Hall–Kier alpha value is -3.12. The number of nitrogens with zero attached hydrogens (tertiary/aromatic N) is 1. The Morgan fingerprint density at radius 3 is 2.58 bits per heavy atom. The molecule has 2 heterocycles. The second kappa shape index (κ2) is 9.35. The van der Waals surface area contributed by atoms with Crippen LogP contribution in [0.25, 0.3) is 0 Å². The second-order valence-electron chi connectivity index (χ2n) is 6.91. The lowest BCUT2D eigenvalue weighted by Crippen LogP contribution is -2.45. The molecule has 2 aliphatic heterocycles. The average Bonchev–Trinajstić information content (AvgIpc) is 3.28. The van der Waals surface area contributed by atoms with Crippen molar-refractivity contribution in [2.75, 3.05) is 32.8 Å². The summed E-state index contributed by atoms with van der Waals surface area (Å²) in [6.45, 7) is 2.35. The topological polar surface area (TPSA) is 157 Å². The zero-order valence-electron chi connectivity index (χ0n) is 17.0. The van der Waals surface area contributed by atoms with E-state index in [9.17, 15) is 22.8 Å². The average molecular weight is 452 g/mol. The molecule has 168 valence electrons. The number of hydrogen-bond acceptors (Lipinski definition) is 7.